The Bertz CT molecular complexity index is 914. The van der Waals surface area contributed by atoms with E-state index in [4.69, 9.17) is 20.9 Å². The maximum absolute atomic E-state index is 12.5. The van der Waals surface area contributed by atoms with Gasteiger partial charge in [0.15, 0.2) is 0 Å². The minimum atomic E-state index is -0.324. The van der Waals surface area contributed by atoms with Crippen LogP contribution in [-0.2, 0) is 4.74 Å². The summed E-state index contributed by atoms with van der Waals surface area (Å²) in [7, 11) is 0. The molecule has 9 heteroatoms. The predicted molar refractivity (Wildman–Crippen MR) is 103 cm³/mol. The van der Waals surface area contributed by atoms with Gasteiger partial charge >= 0.3 is 6.01 Å². The molecule has 0 atom stereocenters. The number of thiophene rings is 1. The first-order chi connectivity index (χ1) is 12.6. The Morgan fingerprint density at radius 1 is 1.19 bits per heavy atom. The van der Waals surface area contributed by atoms with Crippen molar-refractivity contribution < 1.29 is 14.3 Å². The third kappa shape index (κ3) is 3.84. The topological polar surface area (TPSA) is 125 Å². The molecule has 26 heavy (non-hydrogen) atoms. The van der Waals surface area contributed by atoms with Gasteiger partial charge < -0.3 is 26.3 Å². The largest absolute Gasteiger partial charge is 0.461 e. The Kier molecular flexibility index (Phi) is 5.49. The maximum Gasteiger partial charge on any atom is 0.319 e. The molecular formula is C17H19N5O3S. The summed E-state index contributed by atoms with van der Waals surface area (Å²) in [4.78, 5) is 21.8. The predicted octanol–water partition coefficient (Wildman–Crippen LogP) is 2.52. The van der Waals surface area contributed by atoms with Crippen molar-refractivity contribution in [3.8, 4) is 6.01 Å². The molecule has 0 saturated carbocycles. The highest BCUT2D eigenvalue weighted by atomic mass is 32.1. The first-order valence-corrected chi connectivity index (χ1v) is 8.84. The quantitative estimate of drug-likeness (QED) is 0.543. The van der Waals surface area contributed by atoms with Gasteiger partial charge in [0, 0.05) is 12.3 Å². The highest BCUT2D eigenvalue weighted by Crippen LogP contribution is 2.36. The Hall–Kier alpha value is -2.91. The molecule has 5 N–H and O–H groups in total. The Morgan fingerprint density at radius 2 is 1.96 bits per heavy atom. The van der Waals surface area contributed by atoms with E-state index in [-0.39, 0.29) is 23.4 Å². The number of hydrogen-bond donors (Lipinski definition) is 3. The van der Waals surface area contributed by atoms with Gasteiger partial charge in [0.2, 0.25) is 0 Å². The standard InChI is InChI=1S/C17H19N5O3S/c1-2-24-8-9-25-17-21-14(19)11-12(18)13(26-16(11)22-17)15(23)20-10-6-4-3-5-7-10/h3-7H,2,8-9,18H2,1H3,(H,20,23)(H2,19,21,22). The molecule has 2 aromatic heterocycles. The number of fused-ring (bicyclic) bond motifs is 1. The van der Waals surface area contributed by atoms with E-state index in [1.165, 1.54) is 0 Å². The molecule has 0 fully saturated rings. The molecule has 0 aliphatic carbocycles. The minimum absolute atomic E-state index is 0.131. The van der Waals surface area contributed by atoms with E-state index in [2.05, 4.69) is 15.3 Å². The fourth-order valence-electron chi connectivity index (χ4n) is 2.31. The second-order valence-electron chi connectivity index (χ2n) is 5.28. The van der Waals surface area contributed by atoms with E-state index in [0.29, 0.717) is 40.6 Å². The number of anilines is 3. The summed E-state index contributed by atoms with van der Waals surface area (Å²) >= 11 is 1.14. The zero-order valence-corrected chi connectivity index (χ0v) is 15.0. The van der Waals surface area contributed by atoms with Gasteiger partial charge in [-0.1, -0.05) is 18.2 Å². The Morgan fingerprint density at radius 3 is 2.69 bits per heavy atom. The van der Waals surface area contributed by atoms with E-state index in [1.807, 2.05) is 25.1 Å². The van der Waals surface area contributed by atoms with Crippen LogP contribution < -0.4 is 21.5 Å². The normalized spacial score (nSPS) is 10.8. The molecule has 0 saturated heterocycles. The third-order valence-corrected chi connectivity index (χ3v) is 4.60. The van der Waals surface area contributed by atoms with Crippen LogP contribution in [0, 0.1) is 0 Å². The summed E-state index contributed by atoms with van der Waals surface area (Å²) < 4.78 is 10.6. The van der Waals surface area contributed by atoms with Crippen LogP contribution in [0.25, 0.3) is 10.2 Å². The minimum Gasteiger partial charge on any atom is -0.461 e. The van der Waals surface area contributed by atoms with Crippen LogP contribution >= 0.6 is 11.3 Å². The molecule has 0 radical (unpaired) electrons. The van der Waals surface area contributed by atoms with Gasteiger partial charge in [0.1, 0.15) is 22.1 Å². The number of para-hydroxylation sites is 1. The number of rotatable bonds is 7. The zero-order valence-electron chi connectivity index (χ0n) is 14.2. The fraction of sp³-hybridized carbons (Fsp3) is 0.235. The van der Waals surface area contributed by atoms with Crippen LogP contribution in [0.4, 0.5) is 17.2 Å². The van der Waals surface area contributed by atoms with Crippen LogP contribution in [-0.4, -0.2) is 35.7 Å². The fourth-order valence-corrected chi connectivity index (χ4v) is 3.30. The summed E-state index contributed by atoms with van der Waals surface area (Å²) in [6.07, 6.45) is 0. The van der Waals surface area contributed by atoms with Gasteiger partial charge in [0.25, 0.3) is 5.91 Å². The van der Waals surface area contributed by atoms with E-state index in [9.17, 15) is 4.79 Å². The molecule has 0 aliphatic rings. The van der Waals surface area contributed by atoms with Crippen molar-refractivity contribution >= 4 is 44.7 Å². The van der Waals surface area contributed by atoms with E-state index < -0.39 is 0 Å². The molecule has 0 unspecified atom stereocenters. The van der Waals surface area contributed by atoms with Crippen molar-refractivity contribution in [3.63, 3.8) is 0 Å². The number of nitrogen functional groups attached to an aromatic ring is 2. The number of carbonyl (C=O) groups is 1. The van der Waals surface area contributed by atoms with Crippen LogP contribution in [0.3, 0.4) is 0 Å². The average Bonchev–Trinajstić information content (AvgIpc) is 2.97. The van der Waals surface area contributed by atoms with Crippen LogP contribution in [0.5, 0.6) is 6.01 Å². The van der Waals surface area contributed by atoms with Crippen molar-refractivity contribution in [2.24, 2.45) is 0 Å². The average molecular weight is 373 g/mol. The molecule has 0 aliphatic heterocycles. The van der Waals surface area contributed by atoms with Crippen LogP contribution in [0.15, 0.2) is 30.3 Å². The smallest absolute Gasteiger partial charge is 0.319 e. The molecule has 0 bridgehead atoms. The zero-order chi connectivity index (χ0) is 18.5. The molecular weight excluding hydrogens is 354 g/mol. The van der Waals surface area contributed by atoms with Crippen molar-refractivity contribution in [1.29, 1.82) is 0 Å². The van der Waals surface area contributed by atoms with Gasteiger partial charge in [0.05, 0.1) is 17.7 Å². The molecule has 1 amide bonds. The maximum atomic E-state index is 12.5. The second kappa shape index (κ2) is 7.98. The van der Waals surface area contributed by atoms with Crippen molar-refractivity contribution in [3.05, 3.63) is 35.2 Å². The number of carbonyl (C=O) groups excluding carboxylic acids is 1. The first-order valence-electron chi connectivity index (χ1n) is 8.02. The lowest BCUT2D eigenvalue weighted by Gasteiger charge is -2.05. The highest BCUT2D eigenvalue weighted by Gasteiger charge is 2.21. The summed E-state index contributed by atoms with van der Waals surface area (Å²) in [5.74, 6) is -0.149. The number of nitrogens with one attached hydrogen (secondary N) is 1. The molecule has 0 spiro atoms. The lowest BCUT2D eigenvalue weighted by molar-refractivity contribution is 0.103. The number of amides is 1. The summed E-state index contributed by atoms with van der Waals surface area (Å²) in [6, 6.07) is 9.25. The van der Waals surface area contributed by atoms with E-state index >= 15 is 0 Å². The number of aromatic nitrogens is 2. The van der Waals surface area contributed by atoms with Gasteiger partial charge in [-0.05, 0) is 19.1 Å². The van der Waals surface area contributed by atoms with E-state index in [1.54, 1.807) is 12.1 Å². The first kappa shape index (κ1) is 17.9. The van der Waals surface area contributed by atoms with Crippen molar-refractivity contribution in [1.82, 2.24) is 9.97 Å². The number of ether oxygens (including phenoxy) is 2. The van der Waals surface area contributed by atoms with Crippen molar-refractivity contribution in [2.45, 2.75) is 6.92 Å². The molecule has 2 heterocycles. The van der Waals surface area contributed by atoms with Gasteiger partial charge in [-0.15, -0.1) is 11.3 Å². The van der Waals surface area contributed by atoms with E-state index in [0.717, 1.165) is 11.3 Å². The van der Waals surface area contributed by atoms with Crippen LogP contribution in [0.2, 0.25) is 0 Å². The lowest BCUT2D eigenvalue weighted by Crippen LogP contribution is -2.11. The second-order valence-corrected chi connectivity index (χ2v) is 6.28. The molecule has 8 nitrogen and oxygen atoms in total. The molecule has 1 aromatic carbocycles. The highest BCUT2D eigenvalue weighted by molar-refractivity contribution is 7.21. The summed E-state index contributed by atoms with van der Waals surface area (Å²) in [6.45, 7) is 3.24. The molecule has 3 aromatic rings. The Balaban J connectivity index is 1.84. The van der Waals surface area contributed by atoms with Gasteiger partial charge in [-0.3, -0.25) is 4.79 Å². The third-order valence-electron chi connectivity index (χ3n) is 3.50. The SMILES string of the molecule is CCOCCOc1nc(N)c2c(N)c(C(=O)Nc3ccccc3)sc2n1. The summed E-state index contributed by atoms with van der Waals surface area (Å²) in [5.41, 5.74) is 13.0. The lowest BCUT2D eigenvalue weighted by atomic mass is 10.2. The number of nitrogens with zero attached hydrogens (tertiary/aromatic N) is 2. The van der Waals surface area contributed by atoms with Crippen molar-refractivity contribution in [2.75, 3.05) is 36.6 Å². The number of benzene rings is 1. The number of hydrogen-bond acceptors (Lipinski definition) is 8. The molecule has 3 rings (SSSR count). The number of nitrogens with two attached hydrogens (primary N) is 2. The summed E-state index contributed by atoms with van der Waals surface area (Å²) in [5, 5.41) is 3.26. The Labute approximate surface area is 154 Å². The van der Waals surface area contributed by atoms with Crippen LogP contribution in [0.1, 0.15) is 16.6 Å². The van der Waals surface area contributed by atoms with Gasteiger partial charge in [-0.2, -0.15) is 9.97 Å². The molecule has 136 valence electrons. The van der Waals surface area contributed by atoms with Gasteiger partial charge in [-0.25, -0.2) is 0 Å². The monoisotopic (exact) mass is 373 g/mol.